The van der Waals surface area contributed by atoms with E-state index in [0.29, 0.717) is 29.2 Å². The third-order valence-electron chi connectivity index (χ3n) is 5.60. The molecule has 5 rings (SSSR count). The molecule has 9 nitrogen and oxygen atoms in total. The maximum absolute atomic E-state index is 12.5. The number of amides is 1. The van der Waals surface area contributed by atoms with Crippen molar-refractivity contribution in [3.63, 3.8) is 0 Å². The molecular weight excluding hydrogens is 356 g/mol. The zero-order valence-electron chi connectivity index (χ0n) is 15.2. The fourth-order valence-corrected chi connectivity index (χ4v) is 4.06. The van der Waals surface area contributed by atoms with Gasteiger partial charge in [-0.25, -0.2) is 19.9 Å². The van der Waals surface area contributed by atoms with Crippen molar-refractivity contribution in [3.05, 3.63) is 42.0 Å². The van der Waals surface area contributed by atoms with Crippen LogP contribution >= 0.6 is 0 Å². The van der Waals surface area contributed by atoms with Crippen LogP contribution in [0.3, 0.4) is 0 Å². The SMILES string of the molecule is Nc1ncc(-c2nccc(-c3cc4c([nH]3)C3(CCNCC3)CNC4=O)n2)cn1. The summed E-state index contributed by atoms with van der Waals surface area (Å²) in [5.41, 5.74) is 9.43. The molecular formula is C19H20N8O. The Hall–Kier alpha value is -3.33. The van der Waals surface area contributed by atoms with Gasteiger partial charge in [-0.15, -0.1) is 0 Å². The minimum absolute atomic E-state index is 0.0390. The molecule has 2 aliphatic rings. The second kappa shape index (κ2) is 6.38. The summed E-state index contributed by atoms with van der Waals surface area (Å²) in [6.45, 7) is 2.55. The first kappa shape index (κ1) is 16.8. The number of nitrogens with one attached hydrogen (secondary N) is 3. The molecule has 3 aromatic heterocycles. The molecule has 3 aromatic rings. The van der Waals surface area contributed by atoms with E-state index in [-0.39, 0.29) is 17.3 Å². The number of carbonyl (C=O) groups excluding carboxylic acids is 1. The lowest BCUT2D eigenvalue weighted by Crippen LogP contribution is -2.51. The predicted octanol–water partition coefficient (Wildman–Crippen LogP) is 0.875. The van der Waals surface area contributed by atoms with Gasteiger partial charge in [0.25, 0.3) is 5.91 Å². The summed E-state index contributed by atoms with van der Waals surface area (Å²) in [5.74, 6) is 0.671. The maximum Gasteiger partial charge on any atom is 0.253 e. The van der Waals surface area contributed by atoms with Crippen LogP contribution in [0.15, 0.2) is 30.7 Å². The minimum atomic E-state index is -0.0482. The summed E-state index contributed by atoms with van der Waals surface area (Å²) in [6, 6.07) is 3.71. The van der Waals surface area contributed by atoms with Crippen LogP contribution in [0.1, 0.15) is 28.9 Å². The molecule has 1 amide bonds. The fraction of sp³-hybridized carbons (Fsp3) is 0.316. The first-order valence-electron chi connectivity index (χ1n) is 9.28. The highest BCUT2D eigenvalue weighted by Crippen LogP contribution is 2.38. The highest BCUT2D eigenvalue weighted by molar-refractivity contribution is 5.98. The largest absolute Gasteiger partial charge is 0.368 e. The average molecular weight is 376 g/mol. The van der Waals surface area contributed by atoms with E-state index in [1.54, 1.807) is 18.6 Å². The Morgan fingerprint density at radius 2 is 1.89 bits per heavy atom. The second-order valence-electron chi connectivity index (χ2n) is 7.28. The van der Waals surface area contributed by atoms with Gasteiger partial charge >= 0.3 is 0 Å². The Bertz CT molecular complexity index is 1040. The minimum Gasteiger partial charge on any atom is -0.368 e. The number of anilines is 1. The number of fused-ring (bicyclic) bond motifs is 2. The van der Waals surface area contributed by atoms with E-state index in [2.05, 4.69) is 35.6 Å². The van der Waals surface area contributed by atoms with Gasteiger partial charge in [-0.05, 0) is 38.1 Å². The van der Waals surface area contributed by atoms with E-state index in [1.807, 2.05) is 12.1 Å². The van der Waals surface area contributed by atoms with Crippen molar-refractivity contribution in [3.8, 4) is 22.8 Å². The van der Waals surface area contributed by atoms with Crippen LogP contribution in [-0.4, -0.2) is 50.5 Å². The third kappa shape index (κ3) is 2.71. The number of hydrogen-bond acceptors (Lipinski definition) is 7. The number of piperidine rings is 1. The van der Waals surface area contributed by atoms with Gasteiger partial charge in [0, 0.05) is 36.2 Å². The highest BCUT2D eigenvalue weighted by atomic mass is 16.1. The van der Waals surface area contributed by atoms with Gasteiger partial charge in [0.05, 0.1) is 22.5 Å². The molecule has 5 heterocycles. The van der Waals surface area contributed by atoms with Crippen LogP contribution in [0, 0.1) is 0 Å². The van der Waals surface area contributed by atoms with E-state index in [1.165, 1.54) is 0 Å². The van der Waals surface area contributed by atoms with Crippen molar-refractivity contribution in [2.45, 2.75) is 18.3 Å². The molecule has 28 heavy (non-hydrogen) atoms. The van der Waals surface area contributed by atoms with Crippen molar-refractivity contribution in [2.75, 3.05) is 25.4 Å². The summed E-state index contributed by atoms with van der Waals surface area (Å²) in [6.07, 6.45) is 6.85. The summed E-state index contributed by atoms with van der Waals surface area (Å²) in [4.78, 5) is 32.9. The number of H-pyrrole nitrogens is 1. The van der Waals surface area contributed by atoms with Gasteiger partial charge < -0.3 is 21.4 Å². The van der Waals surface area contributed by atoms with Gasteiger partial charge in [0.2, 0.25) is 5.95 Å². The lowest BCUT2D eigenvalue weighted by Gasteiger charge is -2.40. The van der Waals surface area contributed by atoms with E-state index < -0.39 is 0 Å². The number of hydrogen-bond donors (Lipinski definition) is 4. The second-order valence-corrected chi connectivity index (χ2v) is 7.28. The van der Waals surface area contributed by atoms with Gasteiger partial charge in [0.15, 0.2) is 5.82 Å². The van der Waals surface area contributed by atoms with Crippen LogP contribution in [-0.2, 0) is 5.41 Å². The van der Waals surface area contributed by atoms with E-state index in [0.717, 1.165) is 37.3 Å². The molecule has 0 radical (unpaired) electrons. The van der Waals surface area contributed by atoms with Crippen LogP contribution in [0.25, 0.3) is 22.8 Å². The third-order valence-corrected chi connectivity index (χ3v) is 5.60. The number of aromatic nitrogens is 5. The molecule has 0 bridgehead atoms. The standard InChI is InChI=1S/C19H20N8O/c20-18-23-8-11(9-24-18)16-22-4-1-13(27-16)14-7-12-15(26-14)19(10-25-17(12)28)2-5-21-6-3-19/h1,4,7-9,21,26H,2-3,5-6,10H2,(H,25,28)(H2,20,23,24). The summed E-state index contributed by atoms with van der Waals surface area (Å²) < 4.78 is 0. The van der Waals surface area contributed by atoms with Crippen LogP contribution < -0.4 is 16.4 Å². The number of nitrogens with zero attached hydrogens (tertiary/aromatic N) is 4. The Kier molecular flexibility index (Phi) is 3.83. The molecule has 5 N–H and O–H groups in total. The Labute approximate surface area is 161 Å². The molecule has 9 heteroatoms. The van der Waals surface area contributed by atoms with Crippen molar-refractivity contribution >= 4 is 11.9 Å². The van der Waals surface area contributed by atoms with Crippen molar-refractivity contribution in [1.29, 1.82) is 0 Å². The molecule has 0 atom stereocenters. The van der Waals surface area contributed by atoms with Crippen molar-refractivity contribution in [2.24, 2.45) is 0 Å². The lowest BCUT2D eigenvalue weighted by molar-refractivity contribution is 0.0913. The first-order chi connectivity index (χ1) is 13.6. The molecule has 2 aliphatic heterocycles. The molecule has 1 saturated heterocycles. The molecule has 0 aliphatic carbocycles. The van der Waals surface area contributed by atoms with Crippen molar-refractivity contribution < 1.29 is 4.79 Å². The number of aromatic amines is 1. The quantitative estimate of drug-likeness (QED) is 0.521. The Morgan fingerprint density at radius 3 is 2.68 bits per heavy atom. The molecule has 0 unspecified atom stereocenters. The number of rotatable bonds is 2. The van der Waals surface area contributed by atoms with E-state index in [4.69, 9.17) is 5.73 Å². The average Bonchev–Trinajstić information content (AvgIpc) is 3.20. The number of nitrogen functional groups attached to an aromatic ring is 1. The molecule has 1 spiro atoms. The molecule has 1 fully saturated rings. The van der Waals surface area contributed by atoms with E-state index >= 15 is 0 Å². The Balaban J connectivity index is 1.56. The molecule has 0 saturated carbocycles. The maximum atomic E-state index is 12.5. The lowest BCUT2D eigenvalue weighted by atomic mass is 9.73. The monoisotopic (exact) mass is 376 g/mol. The first-order valence-corrected chi connectivity index (χ1v) is 9.28. The smallest absolute Gasteiger partial charge is 0.253 e. The zero-order valence-corrected chi connectivity index (χ0v) is 15.2. The normalized spacial score (nSPS) is 17.9. The Morgan fingerprint density at radius 1 is 1.11 bits per heavy atom. The van der Waals surface area contributed by atoms with Crippen molar-refractivity contribution in [1.82, 2.24) is 35.6 Å². The topological polar surface area (TPSA) is 134 Å². The number of nitrogens with two attached hydrogens (primary N) is 1. The number of carbonyl (C=O) groups is 1. The summed E-state index contributed by atoms with van der Waals surface area (Å²) in [7, 11) is 0. The zero-order chi connectivity index (χ0) is 19.1. The van der Waals surface area contributed by atoms with Crippen LogP contribution in [0.4, 0.5) is 5.95 Å². The fourth-order valence-electron chi connectivity index (χ4n) is 4.06. The highest BCUT2D eigenvalue weighted by Gasteiger charge is 2.42. The van der Waals surface area contributed by atoms with Gasteiger partial charge in [0.1, 0.15) is 0 Å². The van der Waals surface area contributed by atoms with Gasteiger partial charge in [-0.2, -0.15) is 0 Å². The molecule has 142 valence electrons. The van der Waals surface area contributed by atoms with E-state index in [9.17, 15) is 4.79 Å². The van der Waals surface area contributed by atoms with Gasteiger partial charge in [-0.3, -0.25) is 4.79 Å². The molecule has 0 aromatic carbocycles. The van der Waals surface area contributed by atoms with Crippen LogP contribution in [0.2, 0.25) is 0 Å². The summed E-state index contributed by atoms with van der Waals surface area (Å²) >= 11 is 0. The van der Waals surface area contributed by atoms with Crippen LogP contribution in [0.5, 0.6) is 0 Å². The summed E-state index contributed by atoms with van der Waals surface area (Å²) in [5, 5.41) is 6.46. The predicted molar refractivity (Wildman–Crippen MR) is 103 cm³/mol. The van der Waals surface area contributed by atoms with Gasteiger partial charge in [-0.1, -0.05) is 0 Å².